The summed E-state index contributed by atoms with van der Waals surface area (Å²) in [5, 5.41) is 5.23. The normalized spacial score (nSPS) is 17.0. The highest BCUT2D eigenvalue weighted by molar-refractivity contribution is 7.89. The molecule has 3 aromatic carbocycles. The van der Waals surface area contributed by atoms with Gasteiger partial charge in [0.05, 0.1) is 25.0 Å². The van der Waals surface area contributed by atoms with Gasteiger partial charge in [-0.15, -0.1) is 0 Å². The van der Waals surface area contributed by atoms with Gasteiger partial charge < -0.3 is 14.8 Å². The molecule has 4 rings (SSSR count). The van der Waals surface area contributed by atoms with Crippen LogP contribution in [0.2, 0.25) is 0 Å². The number of rotatable bonds is 7. The summed E-state index contributed by atoms with van der Waals surface area (Å²) in [6.45, 7) is 0.931. The molecule has 1 N–H and O–H groups in total. The molecule has 1 fully saturated rings. The van der Waals surface area contributed by atoms with Crippen molar-refractivity contribution in [2.75, 3.05) is 27.3 Å². The fourth-order valence-electron chi connectivity index (χ4n) is 4.27. The van der Waals surface area contributed by atoms with E-state index in [1.807, 2.05) is 42.5 Å². The number of carbonyl (C=O) groups is 1. The number of nitrogens with one attached hydrogen (secondary N) is 1. The van der Waals surface area contributed by atoms with Gasteiger partial charge in [-0.3, -0.25) is 4.79 Å². The smallest absolute Gasteiger partial charge is 0.243 e. The maximum Gasteiger partial charge on any atom is 0.243 e. The first-order valence-corrected chi connectivity index (χ1v) is 12.3. The number of hydrogen-bond donors (Lipinski definition) is 1. The van der Waals surface area contributed by atoms with Crippen molar-refractivity contribution in [2.45, 2.75) is 24.3 Å². The van der Waals surface area contributed by atoms with E-state index in [1.165, 1.54) is 30.7 Å². The van der Waals surface area contributed by atoms with Crippen LogP contribution in [0.1, 0.15) is 18.4 Å². The number of fused-ring (bicyclic) bond motifs is 1. The Morgan fingerprint density at radius 3 is 2.58 bits per heavy atom. The number of methoxy groups -OCH3 is 2. The van der Waals surface area contributed by atoms with Crippen LogP contribution in [0.15, 0.2) is 65.6 Å². The van der Waals surface area contributed by atoms with Gasteiger partial charge in [0.15, 0.2) is 11.5 Å². The zero-order valence-electron chi connectivity index (χ0n) is 18.8. The average molecular weight is 469 g/mol. The van der Waals surface area contributed by atoms with Crippen LogP contribution in [-0.4, -0.2) is 45.9 Å². The van der Waals surface area contributed by atoms with E-state index >= 15 is 0 Å². The van der Waals surface area contributed by atoms with E-state index in [1.54, 1.807) is 6.07 Å². The van der Waals surface area contributed by atoms with Crippen LogP contribution in [0, 0.1) is 5.92 Å². The molecule has 7 nitrogen and oxygen atoms in total. The highest BCUT2D eigenvalue weighted by Gasteiger charge is 2.33. The molecular weight excluding hydrogens is 440 g/mol. The van der Waals surface area contributed by atoms with Crippen LogP contribution in [0.25, 0.3) is 10.8 Å². The Bertz CT molecular complexity index is 1250. The maximum absolute atomic E-state index is 13.2. The Kier molecular flexibility index (Phi) is 6.85. The van der Waals surface area contributed by atoms with E-state index in [0.717, 1.165) is 16.3 Å². The number of benzene rings is 3. The summed E-state index contributed by atoms with van der Waals surface area (Å²) in [4.78, 5) is 13.1. The fraction of sp³-hybridized carbons (Fsp3) is 0.320. The van der Waals surface area contributed by atoms with E-state index in [0.29, 0.717) is 37.4 Å². The highest BCUT2D eigenvalue weighted by Crippen LogP contribution is 2.32. The average Bonchev–Trinajstić information content (AvgIpc) is 2.86. The molecule has 1 saturated heterocycles. The van der Waals surface area contributed by atoms with Gasteiger partial charge in [0.2, 0.25) is 15.9 Å². The molecule has 0 saturated carbocycles. The van der Waals surface area contributed by atoms with Gasteiger partial charge in [-0.25, -0.2) is 8.42 Å². The third-order valence-corrected chi connectivity index (χ3v) is 7.94. The fourth-order valence-corrected chi connectivity index (χ4v) is 5.81. The first kappa shape index (κ1) is 23.1. The summed E-state index contributed by atoms with van der Waals surface area (Å²) in [5.41, 5.74) is 1.03. The Morgan fingerprint density at radius 1 is 1.03 bits per heavy atom. The first-order chi connectivity index (χ1) is 15.9. The number of sulfonamides is 1. The Hall–Kier alpha value is -3.10. The molecule has 0 aromatic heterocycles. The van der Waals surface area contributed by atoms with Crippen molar-refractivity contribution in [2.24, 2.45) is 5.92 Å². The lowest BCUT2D eigenvalue weighted by molar-refractivity contribution is -0.126. The van der Waals surface area contributed by atoms with Crippen molar-refractivity contribution >= 4 is 26.7 Å². The van der Waals surface area contributed by atoms with E-state index in [9.17, 15) is 13.2 Å². The summed E-state index contributed by atoms with van der Waals surface area (Å²) in [5.74, 6) is 0.277. The van der Waals surface area contributed by atoms with Crippen molar-refractivity contribution in [1.29, 1.82) is 0 Å². The summed E-state index contributed by atoms with van der Waals surface area (Å²) in [6, 6.07) is 18.6. The molecular formula is C25H28N2O5S. The lowest BCUT2D eigenvalue weighted by Crippen LogP contribution is -2.45. The lowest BCUT2D eigenvalue weighted by Gasteiger charge is -2.31. The zero-order valence-corrected chi connectivity index (χ0v) is 19.6. The molecule has 0 radical (unpaired) electrons. The summed E-state index contributed by atoms with van der Waals surface area (Å²) in [6.07, 6.45) is 1.28. The van der Waals surface area contributed by atoms with E-state index in [-0.39, 0.29) is 17.3 Å². The second-order valence-corrected chi connectivity index (χ2v) is 10.0. The molecule has 1 unspecified atom stereocenters. The molecule has 174 valence electrons. The monoisotopic (exact) mass is 468 g/mol. The van der Waals surface area contributed by atoms with Gasteiger partial charge in [-0.05, 0) is 41.3 Å². The summed E-state index contributed by atoms with van der Waals surface area (Å²) >= 11 is 0. The minimum Gasteiger partial charge on any atom is -0.493 e. The van der Waals surface area contributed by atoms with Crippen molar-refractivity contribution in [3.05, 3.63) is 66.2 Å². The van der Waals surface area contributed by atoms with E-state index < -0.39 is 15.9 Å². The lowest BCUT2D eigenvalue weighted by atomic mass is 9.98. The second kappa shape index (κ2) is 9.80. The van der Waals surface area contributed by atoms with Crippen LogP contribution in [0.4, 0.5) is 0 Å². The molecule has 0 bridgehead atoms. The number of piperidine rings is 1. The van der Waals surface area contributed by atoms with Crippen molar-refractivity contribution in [3.63, 3.8) is 0 Å². The molecule has 1 atom stereocenters. The van der Waals surface area contributed by atoms with E-state index in [4.69, 9.17) is 9.47 Å². The largest absolute Gasteiger partial charge is 0.493 e. The number of nitrogens with zero attached hydrogens (tertiary/aromatic N) is 1. The SMILES string of the molecule is COc1ccc(S(=O)(=O)N2CCCC(C(=O)NCc3cccc4ccccc34)C2)cc1OC. The number of amides is 1. The molecule has 3 aromatic rings. The van der Waals surface area contributed by atoms with Crippen LogP contribution in [-0.2, 0) is 21.4 Å². The van der Waals surface area contributed by atoms with Crippen LogP contribution in [0.5, 0.6) is 11.5 Å². The summed E-state index contributed by atoms with van der Waals surface area (Å²) in [7, 11) is -0.802. The molecule has 0 spiro atoms. The standard InChI is InChI=1S/C25H28N2O5S/c1-31-23-13-12-21(15-24(23)32-2)33(29,30)27-14-6-10-20(17-27)25(28)26-16-19-9-5-8-18-7-3-4-11-22(18)19/h3-5,7-9,11-13,15,20H,6,10,14,16-17H2,1-2H3,(H,26,28). The van der Waals surface area contributed by atoms with Gasteiger partial charge in [-0.2, -0.15) is 4.31 Å². The van der Waals surface area contributed by atoms with Gasteiger partial charge in [-0.1, -0.05) is 42.5 Å². The predicted octanol–water partition coefficient (Wildman–Crippen LogP) is 3.57. The quantitative estimate of drug-likeness (QED) is 0.573. The third kappa shape index (κ3) is 4.82. The molecule has 0 aliphatic carbocycles. The molecule has 33 heavy (non-hydrogen) atoms. The number of ether oxygens (including phenoxy) is 2. The van der Waals surface area contributed by atoms with E-state index in [2.05, 4.69) is 5.32 Å². The summed E-state index contributed by atoms with van der Waals surface area (Å²) < 4.78 is 38.3. The highest BCUT2D eigenvalue weighted by atomic mass is 32.2. The molecule has 1 aliphatic rings. The van der Waals surface area contributed by atoms with Crippen LogP contribution < -0.4 is 14.8 Å². The van der Waals surface area contributed by atoms with Gasteiger partial charge in [0, 0.05) is 25.7 Å². The van der Waals surface area contributed by atoms with Crippen LogP contribution >= 0.6 is 0 Å². The van der Waals surface area contributed by atoms with Crippen molar-refractivity contribution in [3.8, 4) is 11.5 Å². The number of carbonyl (C=O) groups excluding carboxylic acids is 1. The zero-order chi connectivity index (χ0) is 23.4. The topological polar surface area (TPSA) is 84.9 Å². The van der Waals surface area contributed by atoms with Crippen molar-refractivity contribution < 1.29 is 22.7 Å². The minimum atomic E-state index is -3.76. The first-order valence-electron chi connectivity index (χ1n) is 10.9. The minimum absolute atomic E-state index is 0.122. The molecule has 8 heteroatoms. The predicted molar refractivity (Wildman–Crippen MR) is 127 cm³/mol. The Labute approximate surface area is 194 Å². The Balaban J connectivity index is 1.46. The van der Waals surface area contributed by atoms with Gasteiger partial charge in [0.1, 0.15) is 0 Å². The van der Waals surface area contributed by atoms with Gasteiger partial charge in [0.25, 0.3) is 0 Å². The Morgan fingerprint density at radius 2 is 1.79 bits per heavy atom. The molecule has 1 aliphatic heterocycles. The van der Waals surface area contributed by atoms with Crippen LogP contribution in [0.3, 0.4) is 0 Å². The maximum atomic E-state index is 13.2. The third-order valence-electron chi connectivity index (χ3n) is 6.08. The van der Waals surface area contributed by atoms with Gasteiger partial charge >= 0.3 is 0 Å². The number of hydrogen-bond acceptors (Lipinski definition) is 5. The molecule has 1 amide bonds. The second-order valence-electron chi connectivity index (χ2n) is 8.08. The molecule has 1 heterocycles. The van der Waals surface area contributed by atoms with Crippen molar-refractivity contribution in [1.82, 2.24) is 9.62 Å².